The summed E-state index contributed by atoms with van der Waals surface area (Å²) in [6.07, 6.45) is 0.773. The molecule has 1 rings (SSSR count). The molecular formula is C12H16N2O5. The molecule has 0 bridgehead atoms. The summed E-state index contributed by atoms with van der Waals surface area (Å²) in [5, 5.41) is 10.6. The van der Waals surface area contributed by atoms with E-state index >= 15 is 0 Å². The van der Waals surface area contributed by atoms with E-state index in [1.807, 2.05) is 0 Å². The van der Waals surface area contributed by atoms with E-state index in [0.29, 0.717) is 24.3 Å². The predicted molar refractivity (Wildman–Crippen MR) is 67.7 cm³/mol. The van der Waals surface area contributed by atoms with E-state index in [0.717, 1.165) is 0 Å². The van der Waals surface area contributed by atoms with Crippen LogP contribution in [0.4, 0.5) is 5.69 Å². The largest absolute Gasteiger partial charge is 0.493 e. The monoisotopic (exact) mass is 268 g/mol. The maximum Gasteiger partial charge on any atom is 0.305 e. The lowest BCUT2D eigenvalue weighted by atomic mass is 10.2. The topological polar surface area (TPSA) is 105 Å². The Morgan fingerprint density at radius 2 is 2.21 bits per heavy atom. The number of carbonyl (C=O) groups is 1. The Bertz CT molecular complexity index is 461. The number of rotatable bonds is 7. The van der Waals surface area contributed by atoms with Gasteiger partial charge >= 0.3 is 5.97 Å². The standard InChI is InChI=1S/C12H16N2O5/c1-18-12(15)3-2-6-19-11-5-4-10(14(16)17)7-9(11)8-13/h4-5,7H,2-3,6,8,13H2,1H3. The van der Waals surface area contributed by atoms with E-state index < -0.39 is 4.92 Å². The number of nitro groups is 1. The van der Waals surface area contributed by atoms with Crippen LogP contribution in [0, 0.1) is 10.1 Å². The minimum Gasteiger partial charge on any atom is -0.493 e. The average Bonchev–Trinajstić information content (AvgIpc) is 2.42. The molecule has 0 aromatic heterocycles. The highest BCUT2D eigenvalue weighted by atomic mass is 16.6. The molecule has 0 spiro atoms. The predicted octanol–water partition coefficient (Wildman–Crippen LogP) is 1.39. The van der Waals surface area contributed by atoms with Gasteiger partial charge < -0.3 is 15.2 Å². The van der Waals surface area contributed by atoms with Gasteiger partial charge in [0.25, 0.3) is 5.69 Å². The van der Waals surface area contributed by atoms with Crippen LogP contribution in [0.15, 0.2) is 18.2 Å². The van der Waals surface area contributed by atoms with Gasteiger partial charge in [0.1, 0.15) is 5.75 Å². The lowest BCUT2D eigenvalue weighted by Crippen LogP contribution is -2.07. The van der Waals surface area contributed by atoms with Crippen LogP contribution < -0.4 is 10.5 Å². The van der Waals surface area contributed by atoms with Gasteiger partial charge in [0.2, 0.25) is 0 Å². The number of carbonyl (C=O) groups excluding carboxylic acids is 1. The first-order chi connectivity index (χ1) is 9.08. The van der Waals surface area contributed by atoms with Crippen molar-refractivity contribution in [3.8, 4) is 5.75 Å². The molecule has 7 heteroatoms. The highest BCUT2D eigenvalue weighted by Crippen LogP contribution is 2.24. The molecule has 104 valence electrons. The number of nitro benzene ring substituents is 1. The molecule has 0 fully saturated rings. The lowest BCUT2D eigenvalue weighted by molar-refractivity contribution is -0.384. The smallest absolute Gasteiger partial charge is 0.305 e. The molecule has 0 aliphatic rings. The van der Waals surface area contributed by atoms with Crippen LogP contribution in [0.1, 0.15) is 18.4 Å². The van der Waals surface area contributed by atoms with Gasteiger partial charge in [-0.05, 0) is 12.5 Å². The number of methoxy groups -OCH3 is 1. The first-order valence-electron chi connectivity index (χ1n) is 5.75. The molecule has 7 nitrogen and oxygen atoms in total. The zero-order valence-electron chi connectivity index (χ0n) is 10.6. The van der Waals surface area contributed by atoms with Gasteiger partial charge in [-0.3, -0.25) is 14.9 Å². The summed E-state index contributed by atoms with van der Waals surface area (Å²) >= 11 is 0. The van der Waals surface area contributed by atoms with Crippen molar-refractivity contribution >= 4 is 11.7 Å². The molecule has 0 heterocycles. The number of esters is 1. The summed E-state index contributed by atoms with van der Waals surface area (Å²) in [5.74, 6) is 0.198. The number of hydrogen-bond donors (Lipinski definition) is 1. The van der Waals surface area contributed by atoms with Gasteiger partial charge in [-0.1, -0.05) is 0 Å². The van der Waals surface area contributed by atoms with Gasteiger partial charge in [0.15, 0.2) is 0 Å². The van der Waals surface area contributed by atoms with Crippen LogP contribution in [-0.2, 0) is 16.1 Å². The summed E-state index contributed by atoms with van der Waals surface area (Å²) in [7, 11) is 1.33. The van der Waals surface area contributed by atoms with Crippen LogP contribution in [0.3, 0.4) is 0 Å². The van der Waals surface area contributed by atoms with E-state index in [1.165, 1.54) is 25.3 Å². The molecule has 0 radical (unpaired) electrons. The molecule has 0 amide bonds. The third-order valence-electron chi connectivity index (χ3n) is 2.49. The number of benzene rings is 1. The van der Waals surface area contributed by atoms with E-state index in [-0.39, 0.29) is 24.6 Å². The quantitative estimate of drug-likeness (QED) is 0.346. The highest BCUT2D eigenvalue weighted by Gasteiger charge is 2.10. The van der Waals surface area contributed by atoms with Crippen molar-refractivity contribution in [2.24, 2.45) is 5.73 Å². The number of nitrogens with two attached hydrogens (primary N) is 1. The van der Waals surface area contributed by atoms with Crippen LogP contribution in [-0.4, -0.2) is 24.6 Å². The summed E-state index contributed by atoms with van der Waals surface area (Å²) in [6, 6.07) is 4.25. The highest BCUT2D eigenvalue weighted by molar-refractivity contribution is 5.69. The van der Waals surface area contributed by atoms with Gasteiger partial charge in [-0.2, -0.15) is 0 Å². The maximum atomic E-state index is 10.9. The molecule has 0 aliphatic heterocycles. The molecule has 2 N–H and O–H groups in total. The third kappa shape index (κ3) is 4.55. The first kappa shape index (κ1) is 14.9. The lowest BCUT2D eigenvalue weighted by Gasteiger charge is -2.09. The fourth-order valence-corrected chi connectivity index (χ4v) is 1.48. The molecule has 0 saturated carbocycles. The van der Waals surface area contributed by atoms with Crippen LogP contribution in [0.5, 0.6) is 5.75 Å². The summed E-state index contributed by atoms with van der Waals surface area (Å²) in [4.78, 5) is 21.0. The molecule has 0 atom stereocenters. The number of hydrogen-bond acceptors (Lipinski definition) is 6. The van der Waals surface area contributed by atoms with Crippen molar-refractivity contribution in [3.05, 3.63) is 33.9 Å². The van der Waals surface area contributed by atoms with Crippen LogP contribution in [0.2, 0.25) is 0 Å². The number of ether oxygens (including phenoxy) is 2. The van der Waals surface area contributed by atoms with Gasteiger partial charge in [-0.15, -0.1) is 0 Å². The molecule has 1 aromatic carbocycles. The molecule has 1 aromatic rings. The Kier molecular flexibility index (Phi) is 5.74. The number of nitrogens with zero attached hydrogens (tertiary/aromatic N) is 1. The maximum absolute atomic E-state index is 10.9. The minimum atomic E-state index is -0.486. The SMILES string of the molecule is COC(=O)CCCOc1ccc([N+](=O)[O-])cc1CN. The summed E-state index contributed by atoms with van der Waals surface area (Å²) in [5.41, 5.74) is 6.05. The average molecular weight is 268 g/mol. The summed E-state index contributed by atoms with van der Waals surface area (Å²) in [6.45, 7) is 0.466. The Labute approximate surface area is 110 Å². The van der Waals surface area contributed by atoms with E-state index in [2.05, 4.69) is 4.74 Å². The molecule has 0 saturated heterocycles. The minimum absolute atomic E-state index is 0.0256. The zero-order chi connectivity index (χ0) is 14.3. The van der Waals surface area contributed by atoms with E-state index in [4.69, 9.17) is 10.5 Å². The van der Waals surface area contributed by atoms with Crippen molar-refractivity contribution in [1.29, 1.82) is 0 Å². The first-order valence-corrected chi connectivity index (χ1v) is 5.75. The van der Waals surface area contributed by atoms with Crippen molar-refractivity contribution in [3.63, 3.8) is 0 Å². The van der Waals surface area contributed by atoms with Crippen molar-refractivity contribution < 1.29 is 19.2 Å². The molecule has 0 unspecified atom stereocenters. The van der Waals surface area contributed by atoms with Gasteiger partial charge in [-0.25, -0.2) is 0 Å². The second-order valence-electron chi connectivity index (χ2n) is 3.78. The van der Waals surface area contributed by atoms with Crippen LogP contribution in [0.25, 0.3) is 0 Å². The van der Waals surface area contributed by atoms with Crippen molar-refractivity contribution in [2.45, 2.75) is 19.4 Å². The zero-order valence-corrected chi connectivity index (χ0v) is 10.6. The Balaban J connectivity index is 2.58. The van der Waals surface area contributed by atoms with Gasteiger partial charge in [0.05, 0.1) is 18.6 Å². The molecule has 19 heavy (non-hydrogen) atoms. The Morgan fingerprint density at radius 3 is 2.79 bits per heavy atom. The fraction of sp³-hybridized carbons (Fsp3) is 0.417. The van der Waals surface area contributed by atoms with Crippen LogP contribution >= 0.6 is 0 Å². The van der Waals surface area contributed by atoms with Crippen molar-refractivity contribution in [1.82, 2.24) is 0 Å². The van der Waals surface area contributed by atoms with E-state index in [9.17, 15) is 14.9 Å². The third-order valence-corrected chi connectivity index (χ3v) is 2.49. The second kappa shape index (κ2) is 7.32. The summed E-state index contributed by atoms with van der Waals surface area (Å²) < 4.78 is 9.95. The normalized spacial score (nSPS) is 10.0. The van der Waals surface area contributed by atoms with Crippen molar-refractivity contribution in [2.75, 3.05) is 13.7 Å². The van der Waals surface area contributed by atoms with Gasteiger partial charge in [0, 0.05) is 30.7 Å². The fourth-order valence-electron chi connectivity index (χ4n) is 1.48. The Hall–Kier alpha value is -2.15. The second-order valence-corrected chi connectivity index (χ2v) is 3.78. The Morgan fingerprint density at radius 1 is 1.47 bits per heavy atom. The number of non-ortho nitro benzene ring substituents is 1. The van der Waals surface area contributed by atoms with E-state index in [1.54, 1.807) is 0 Å². The molecule has 0 aliphatic carbocycles. The molecular weight excluding hydrogens is 252 g/mol.